The standard InChI is InChI=1S/C15H21BrFNO2/c1-19-11-8-10(16)12(13(17)14(11)20-2)15(9-18)6-4-3-5-7-15/h8H,3-7,9,18H2,1-2H3. The molecule has 0 atom stereocenters. The molecule has 1 aliphatic carbocycles. The van der Waals surface area contributed by atoms with Crippen molar-refractivity contribution < 1.29 is 13.9 Å². The van der Waals surface area contributed by atoms with Crippen molar-refractivity contribution >= 4 is 15.9 Å². The summed E-state index contributed by atoms with van der Waals surface area (Å²) >= 11 is 3.48. The molecule has 1 aromatic rings. The summed E-state index contributed by atoms with van der Waals surface area (Å²) in [6, 6.07) is 1.77. The Kier molecular flexibility index (Phi) is 4.91. The topological polar surface area (TPSA) is 44.5 Å². The molecule has 3 nitrogen and oxygen atoms in total. The summed E-state index contributed by atoms with van der Waals surface area (Å²) in [5.41, 5.74) is 6.34. The van der Waals surface area contributed by atoms with Crippen LogP contribution in [0.3, 0.4) is 0 Å². The van der Waals surface area contributed by atoms with Gasteiger partial charge in [0, 0.05) is 22.0 Å². The van der Waals surface area contributed by atoms with Crippen LogP contribution < -0.4 is 15.2 Å². The second kappa shape index (κ2) is 6.31. The van der Waals surface area contributed by atoms with E-state index in [1.165, 1.54) is 20.6 Å². The van der Waals surface area contributed by atoms with E-state index in [0.717, 1.165) is 25.7 Å². The van der Waals surface area contributed by atoms with Crippen LogP contribution in [0.25, 0.3) is 0 Å². The Hall–Kier alpha value is -0.810. The SMILES string of the molecule is COc1cc(Br)c(C2(CN)CCCCC2)c(F)c1OC. The molecule has 0 unspecified atom stereocenters. The van der Waals surface area contributed by atoms with E-state index in [0.29, 0.717) is 22.3 Å². The van der Waals surface area contributed by atoms with Crippen molar-refractivity contribution in [2.75, 3.05) is 20.8 Å². The molecule has 112 valence electrons. The van der Waals surface area contributed by atoms with Gasteiger partial charge in [0.05, 0.1) is 14.2 Å². The van der Waals surface area contributed by atoms with Crippen molar-refractivity contribution in [3.05, 3.63) is 21.9 Å². The van der Waals surface area contributed by atoms with Crippen molar-refractivity contribution in [1.82, 2.24) is 0 Å². The molecule has 0 aliphatic heterocycles. The second-order valence-electron chi connectivity index (χ2n) is 5.33. The summed E-state index contributed by atoms with van der Waals surface area (Å²) in [6.07, 6.45) is 5.17. The van der Waals surface area contributed by atoms with E-state index in [-0.39, 0.29) is 17.0 Å². The number of hydrogen-bond acceptors (Lipinski definition) is 3. The maximum atomic E-state index is 14.9. The summed E-state index contributed by atoms with van der Waals surface area (Å²) in [4.78, 5) is 0. The van der Waals surface area contributed by atoms with Crippen LogP contribution in [-0.4, -0.2) is 20.8 Å². The molecule has 0 spiro atoms. The van der Waals surface area contributed by atoms with Gasteiger partial charge in [-0.1, -0.05) is 35.2 Å². The molecule has 0 radical (unpaired) electrons. The monoisotopic (exact) mass is 345 g/mol. The van der Waals surface area contributed by atoms with E-state index >= 15 is 0 Å². The third-order valence-corrected chi connectivity index (χ3v) is 4.92. The number of halogens is 2. The van der Waals surface area contributed by atoms with Gasteiger partial charge < -0.3 is 15.2 Å². The predicted molar refractivity (Wildman–Crippen MR) is 81.0 cm³/mol. The van der Waals surface area contributed by atoms with Crippen LogP contribution in [-0.2, 0) is 5.41 Å². The Morgan fingerprint density at radius 2 is 1.90 bits per heavy atom. The molecule has 2 N–H and O–H groups in total. The van der Waals surface area contributed by atoms with Crippen molar-refractivity contribution in [2.24, 2.45) is 5.73 Å². The van der Waals surface area contributed by atoms with E-state index in [4.69, 9.17) is 15.2 Å². The summed E-state index contributed by atoms with van der Waals surface area (Å²) < 4.78 is 26.0. The van der Waals surface area contributed by atoms with Crippen molar-refractivity contribution in [3.8, 4) is 11.5 Å². The smallest absolute Gasteiger partial charge is 0.197 e. The van der Waals surface area contributed by atoms with Gasteiger partial charge in [0.2, 0.25) is 0 Å². The fourth-order valence-corrected chi connectivity index (χ4v) is 3.99. The van der Waals surface area contributed by atoms with Crippen molar-refractivity contribution in [2.45, 2.75) is 37.5 Å². The highest BCUT2D eigenvalue weighted by atomic mass is 79.9. The number of benzene rings is 1. The molecule has 20 heavy (non-hydrogen) atoms. The first-order valence-corrected chi connectivity index (χ1v) is 7.69. The van der Waals surface area contributed by atoms with Crippen LogP contribution in [0.15, 0.2) is 10.5 Å². The first-order chi connectivity index (χ1) is 9.59. The summed E-state index contributed by atoms with van der Waals surface area (Å²) in [6.45, 7) is 0.442. The van der Waals surface area contributed by atoms with Gasteiger partial charge in [-0.05, 0) is 18.9 Å². The largest absolute Gasteiger partial charge is 0.493 e. The number of ether oxygens (including phenoxy) is 2. The molecule has 1 fully saturated rings. The zero-order valence-corrected chi connectivity index (χ0v) is 13.6. The molecule has 5 heteroatoms. The minimum Gasteiger partial charge on any atom is -0.493 e. The lowest BCUT2D eigenvalue weighted by Gasteiger charge is -2.38. The zero-order valence-electron chi connectivity index (χ0n) is 12.0. The van der Waals surface area contributed by atoms with E-state index in [9.17, 15) is 4.39 Å². The third-order valence-electron chi connectivity index (χ3n) is 4.30. The Morgan fingerprint density at radius 1 is 1.25 bits per heavy atom. The summed E-state index contributed by atoms with van der Waals surface area (Å²) in [5, 5.41) is 0. The lowest BCUT2D eigenvalue weighted by Crippen LogP contribution is -2.38. The minimum absolute atomic E-state index is 0.157. The fourth-order valence-electron chi connectivity index (χ4n) is 3.19. The molecule has 0 saturated heterocycles. The van der Waals surface area contributed by atoms with Gasteiger partial charge in [0.1, 0.15) is 0 Å². The Bertz CT molecular complexity index is 487. The lowest BCUT2D eigenvalue weighted by atomic mass is 9.69. The Morgan fingerprint density at radius 3 is 2.40 bits per heavy atom. The van der Waals surface area contributed by atoms with Crippen molar-refractivity contribution in [1.29, 1.82) is 0 Å². The molecule has 1 aromatic carbocycles. The van der Waals surface area contributed by atoms with E-state index < -0.39 is 0 Å². The number of rotatable bonds is 4. The minimum atomic E-state index is -0.355. The highest BCUT2D eigenvalue weighted by Gasteiger charge is 2.38. The van der Waals surface area contributed by atoms with Gasteiger partial charge in [-0.2, -0.15) is 0 Å². The van der Waals surface area contributed by atoms with Crippen molar-refractivity contribution in [3.63, 3.8) is 0 Å². The highest BCUT2D eigenvalue weighted by molar-refractivity contribution is 9.10. The van der Waals surface area contributed by atoms with Gasteiger partial charge in [0.25, 0.3) is 0 Å². The van der Waals surface area contributed by atoms with Gasteiger partial charge in [-0.25, -0.2) is 4.39 Å². The molecule has 0 heterocycles. The van der Waals surface area contributed by atoms with Gasteiger partial charge >= 0.3 is 0 Å². The number of methoxy groups -OCH3 is 2. The fraction of sp³-hybridized carbons (Fsp3) is 0.600. The molecule has 0 aromatic heterocycles. The lowest BCUT2D eigenvalue weighted by molar-refractivity contribution is 0.280. The second-order valence-corrected chi connectivity index (χ2v) is 6.18. The van der Waals surface area contributed by atoms with Gasteiger partial charge in [0.15, 0.2) is 17.3 Å². The predicted octanol–water partition coefficient (Wildman–Crippen LogP) is 3.77. The molecule has 0 amide bonds. The molecular formula is C15H21BrFNO2. The summed E-state index contributed by atoms with van der Waals surface area (Å²) in [5.74, 6) is 0.193. The first kappa shape index (κ1) is 15.6. The van der Waals surface area contributed by atoms with Crippen LogP contribution >= 0.6 is 15.9 Å². The van der Waals surface area contributed by atoms with E-state index in [2.05, 4.69) is 15.9 Å². The third kappa shape index (κ3) is 2.53. The molecule has 0 bridgehead atoms. The van der Waals surface area contributed by atoms with E-state index in [1.54, 1.807) is 6.07 Å². The van der Waals surface area contributed by atoms with Crippen LogP contribution in [0.5, 0.6) is 11.5 Å². The average molecular weight is 346 g/mol. The van der Waals surface area contributed by atoms with Crippen LogP contribution in [0, 0.1) is 5.82 Å². The number of hydrogen-bond donors (Lipinski definition) is 1. The molecule has 1 saturated carbocycles. The first-order valence-electron chi connectivity index (χ1n) is 6.90. The number of nitrogens with two attached hydrogens (primary N) is 1. The Balaban J connectivity index is 2.60. The maximum absolute atomic E-state index is 14.9. The van der Waals surface area contributed by atoms with E-state index in [1.807, 2.05) is 0 Å². The Labute approximate surface area is 127 Å². The molecule has 1 aliphatic rings. The maximum Gasteiger partial charge on any atom is 0.197 e. The van der Waals surface area contributed by atoms with Crippen LogP contribution in [0.4, 0.5) is 4.39 Å². The van der Waals surface area contributed by atoms with Gasteiger partial charge in [-0.3, -0.25) is 0 Å². The van der Waals surface area contributed by atoms with Gasteiger partial charge in [-0.15, -0.1) is 0 Å². The molecular weight excluding hydrogens is 325 g/mol. The quantitative estimate of drug-likeness (QED) is 0.903. The van der Waals surface area contributed by atoms with Crippen LogP contribution in [0.2, 0.25) is 0 Å². The zero-order chi connectivity index (χ0) is 14.8. The summed E-state index contributed by atoms with van der Waals surface area (Å²) in [7, 11) is 2.96. The average Bonchev–Trinajstić information content (AvgIpc) is 2.47. The molecule has 2 rings (SSSR count). The normalized spacial score (nSPS) is 17.9. The van der Waals surface area contributed by atoms with Crippen LogP contribution in [0.1, 0.15) is 37.7 Å². The highest BCUT2D eigenvalue weighted by Crippen LogP contribution is 2.47.